The summed E-state index contributed by atoms with van der Waals surface area (Å²) in [5.74, 6) is 6.60. The summed E-state index contributed by atoms with van der Waals surface area (Å²) in [6.45, 7) is 0. The van der Waals surface area contributed by atoms with Gasteiger partial charge in [-0.15, -0.1) is 15.8 Å². The Kier molecular flexibility index (Phi) is 6.09. The number of carbonyl (C=O) groups excluding carboxylic acids is 1. The molecule has 8 heteroatoms. The van der Waals surface area contributed by atoms with Gasteiger partial charge in [0.15, 0.2) is 0 Å². The van der Waals surface area contributed by atoms with Crippen LogP contribution in [0.4, 0.5) is 5.69 Å². The molecule has 1 aromatic heterocycles. The molecule has 1 fully saturated rings. The number of anilines is 1. The number of carbonyl (C=O) groups is 1. The smallest absolute Gasteiger partial charge is 0.265 e. The molecule has 0 spiro atoms. The number of nitrogens with one attached hydrogen (secondary N) is 1. The molecule has 3 aromatic rings. The average Bonchev–Trinajstić information content (AvgIpc) is 3.43. The lowest BCUT2D eigenvalue weighted by molar-refractivity contribution is -0.115. The summed E-state index contributed by atoms with van der Waals surface area (Å²) < 4.78 is 27.6. The van der Waals surface area contributed by atoms with Crippen LogP contribution >= 0.6 is 11.3 Å². The van der Waals surface area contributed by atoms with Crippen LogP contribution in [0.1, 0.15) is 29.5 Å². The molecule has 3 N–H and O–H groups in total. The molecule has 33 heavy (non-hydrogen) atoms. The molecule has 0 unspecified atom stereocenters. The summed E-state index contributed by atoms with van der Waals surface area (Å²) in [4.78, 5) is 12.5. The van der Waals surface area contributed by atoms with Gasteiger partial charge in [0.1, 0.15) is 4.21 Å². The van der Waals surface area contributed by atoms with Crippen molar-refractivity contribution in [3.8, 4) is 0 Å². The van der Waals surface area contributed by atoms with Crippen LogP contribution in [0, 0.1) is 11.8 Å². The maximum absolute atomic E-state index is 13.1. The van der Waals surface area contributed by atoms with Crippen molar-refractivity contribution in [2.75, 3.05) is 5.32 Å². The third-order valence-corrected chi connectivity index (χ3v) is 9.88. The molecule has 172 valence electrons. The van der Waals surface area contributed by atoms with Gasteiger partial charge in [0.05, 0.1) is 6.42 Å². The largest absolute Gasteiger partial charge is 0.326 e. The highest BCUT2D eigenvalue weighted by Gasteiger charge is 2.45. The van der Waals surface area contributed by atoms with Crippen LogP contribution in [0.5, 0.6) is 0 Å². The zero-order chi connectivity index (χ0) is 23.0. The maximum atomic E-state index is 13.1. The molecule has 1 heterocycles. The van der Waals surface area contributed by atoms with E-state index in [1.807, 2.05) is 42.5 Å². The number of nitrogens with two attached hydrogens (primary N) is 1. The van der Waals surface area contributed by atoms with Crippen molar-refractivity contribution in [2.24, 2.45) is 17.7 Å². The Bertz CT molecular complexity index is 1240. The fraction of sp³-hybridized carbons (Fsp3) is 0.320. The Hall–Kier alpha value is -2.52. The molecule has 2 aliphatic rings. The Labute approximate surface area is 198 Å². The van der Waals surface area contributed by atoms with Crippen LogP contribution in [-0.4, -0.2) is 24.8 Å². The third-order valence-electron chi connectivity index (χ3n) is 6.86. The van der Waals surface area contributed by atoms with Gasteiger partial charge in [-0.05, 0) is 77.8 Å². The predicted octanol–water partition coefficient (Wildman–Crippen LogP) is 3.99. The lowest BCUT2D eigenvalue weighted by Gasteiger charge is -2.30. The maximum Gasteiger partial charge on any atom is 0.265 e. The summed E-state index contributed by atoms with van der Waals surface area (Å²) in [5.41, 5.74) is 4.14. The second-order valence-electron chi connectivity index (χ2n) is 8.96. The van der Waals surface area contributed by atoms with Crippen molar-refractivity contribution < 1.29 is 13.2 Å². The molecule has 2 aliphatic carbocycles. The molecule has 2 aromatic carbocycles. The second-order valence-corrected chi connectivity index (χ2v) is 12.0. The summed E-state index contributed by atoms with van der Waals surface area (Å²) in [6, 6.07) is 18.8. The van der Waals surface area contributed by atoms with Gasteiger partial charge in [0, 0.05) is 11.7 Å². The van der Waals surface area contributed by atoms with Crippen LogP contribution in [0.15, 0.2) is 70.3 Å². The Morgan fingerprint density at radius 3 is 2.42 bits per heavy atom. The molecule has 0 aliphatic heterocycles. The topological polar surface area (TPSA) is 92.5 Å². The number of nitrogens with zero attached hydrogens (tertiary/aromatic N) is 1. The minimum Gasteiger partial charge on any atom is -0.326 e. The normalized spacial score (nSPS) is 22.1. The van der Waals surface area contributed by atoms with Crippen molar-refractivity contribution in [1.29, 1.82) is 0 Å². The van der Waals surface area contributed by atoms with E-state index in [4.69, 9.17) is 5.84 Å². The number of hydrogen-bond acceptors (Lipinski definition) is 5. The van der Waals surface area contributed by atoms with E-state index in [-0.39, 0.29) is 28.0 Å². The highest BCUT2D eigenvalue weighted by molar-refractivity contribution is 7.91. The SMILES string of the molecule is NN([C@H]1[C@@H]2CC[C@H]1Cc1ccc(NC(=O)Cc3ccccc3)cc1C2)S(=O)(=O)c1cccs1. The third kappa shape index (κ3) is 4.48. The molecule has 0 radical (unpaired) electrons. The molecule has 1 amide bonds. The average molecular weight is 482 g/mol. The van der Waals surface area contributed by atoms with Crippen LogP contribution in [0.2, 0.25) is 0 Å². The number of amides is 1. The summed E-state index contributed by atoms with van der Waals surface area (Å²) in [6.07, 6.45) is 3.80. The highest BCUT2D eigenvalue weighted by atomic mass is 32.2. The number of thiophene rings is 1. The number of sulfonamides is 1. The van der Waals surface area contributed by atoms with E-state index in [1.165, 1.54) is 22.5 Å². The first-order valence-corrected chi connectivity index (χ1v) is 13.5. The lowest BCUT2D eigenvalue weighted by atomic mass is 9.93. The number of hydrogen-bond donors (Lipinski definition) is 2. The summed E-state index contributed by atoms with van der Waals surface area (Å²) >= 11 is 1.20. The van der Waals surface area contributed by atoms with E-state index in [1.54, 1.807) is 17.5 Å². The lowest BCUT2D eigenvalue weighted by Crippen LogP contribution is -2.50. The molecule has 2 bridgehead atoms. The first-order chi connectivity index (χ1) is 15.9. The highest BCUT2D eigenvalue weighted by Crippen LogP contribution is 2.43. The van der Waals surface area contributed by atoms with Gasteiger partial charge in [-0.2, -0.15) is 0 Å². The van der Waals surface area contributed by atoms with Gasteiger partial charge >= 0.3 is 0 Å². The number of benzene rings is 2. The molecule has 3 atom stereocenters. The summed E-state index contributed by atoms with van der Waals surface area (Å²) in [5, 5.41) is 4.77. The Balaban J connectivity index is 1.33. The van der Waals surface area contributed by atoms with Crippen molar-refractivity contribution in [3.05, 3.63) is 82.7 Å². The van der Waals surface area contributed by atoms with E-state index in [2.05, 4.69) is 11.4 Å². The minimum atomic E-state index is -3.71. The number of rotatable bonds is 6. The van der Waals surface area contributed by atoms with Crippen molar-refractivity contribution >= 4 is 33.0 Å². The van der Waals surface area contributed by atoms with Gasteiger partial charge in [0.25, 0.3) is 10.0 Å². The van der Waals surface area contributed by atoms with E-state index in [9.17, 15) is 13.2 Å². The van der Waals surface area contributed by atoms with Crippen LogP contribution in [0.25, 0.3) is 0 Å². The van der Waals surface area contributed by atoms with Crippen LogP contribution in [-0.2, 0) is 34.1 Å². The fourth-order valence-corrected chi connectivity index (χ4v) is 7.82. The van der Waals surface area contributed by atoms with Gasteiger partial charge in [-0.3, -0.25) is 10.6 Å². The summed E-state index contributed by atoms with van der Waals surface area (Å²) in [7, 11) is -3.71. The Morgan fingerprint density at radius 2 is 1.73 bits per heavy atom. The molecule has 6 nitrogen and oxygen atoms in total. The van der Waals surface area contributed by atoms with Gasteiger partial charge < -0.3 is 5.32 Å². The van der Waals surface area contributed by atoms with Gasteiger partial charge in [-0.1, -0.05) is 42.5 Å². The van der Waals surface area contributed by atoms with E-state index >= 15 is 0 Å². The molecule has 1 saturated carbocycles. The molecular formula is C25H27N3O3S2. The number of hydrazine groups is 1. The number of fused-ring (bicyclic) bond motifs is 3. The van der Waals surface area contributed by atoms with E-state index in [0.717, 1.165) is 41.3 Å². The van der Waals surface area contributed by atoms with Gasteiger partial charge in [0.2, 0.25) is 5.91 Å². The first-order valence-electron chi connectivity index (χ1n) is 11.2. The standard InChI is InChI=1S/C25H27N3O3S2/c26-28(33(30,31)24-7-4-12-32-24)25-19-8-9-20(25)15-21-16-22(11-10-18(21)14-19)27-23(29)13-17-5-2-1-3-6-17/h1-7,10-12,16,19-20,25H,8-9,13-15,26H2,(H,27,29)/t19-,20+,25+/m0/s1. The van der Waals surface area contributed by atoms with Crippen LogP contribution in [0.3, 0.4) is 0 Å². The minimum absolute atomic E-state index is 0.0515. The van der Waals surface area contributed by atoms with Crippen molar-refractivity contribution in [3.63, 3.8) is 0 Å². The second kappa shape index (κ2) is 9.02. The monoisotopic (exact) mass is 481 g/mol. The van der Waals surface area contributed by atoms with E-state index in [0.29, 0.717) is 6.42 Å². The molecule has 5 rings (SSSR count). The zero-order valence-electron chi connectivity index (χ0n) is 18.2. The first kappa shape index (κ1) is 22.3. The molecular weight excluding hydrogens is 454 g/mol. The van der Waals surface area contributed by atoms with Crippen LogP contribution < -0.4 is 11.2 Å². The van der Waals surface area contributed by atoms with Gasteiger partial charge in [-0.25, -0.2) is 8.42 Å². The van der Waals surface area contributed by atoms with Crippen molar-refractivity contribution in [2.45, 2.75) is 42.4 Å². The Morgan fingerprint density at radius 1 is 1.00 bits per heavy atom. The quantitative estimate of drug-likeness (QED) is 0.411. The van der Waals surface area contributed by atoms with Crippen molar-refractivity contribution in [1.82, 2.24) is 4.41 Å². The fourth-order valence-electron chi connectivity index (χ4n) is 5.33. The molecule has 0 saturated heterocycles. The zero-order valence-corrected chi connectivity index (χ0v) is 19.8. The van der Waals surface area contributed by atoms with E-state index < -0.39 is 10.0 Å². The predicted molar refractivity (Wildman–Crippen MR) is 130 cm³/mol.